The van der Waals surface area contributed by atoms with Gasteiger partial charge >= 0.3 is 12.3 Å². The second kappa shape index (κ2) is 6.56. The van der Waals surface area contributed by atoms with Crippen LogP contribution in [0.1, 0.15) is 27.2 Å². The molecule has 0 aliphatic heterocycles. The number of aromatic nitrogens is 1. The second-order valence-electron chi connectivity index (χ2n) is 5.60. The van der Waals surface area contributed by atoms with Gasteiger partial charge in [0.25, 0.3) is 0 Å². The van der Waals surface area contributed by atoms with Crippen LogP contribution in [0.4, 0.5) is 13.2 Å². The summed E-state index contributed by atoms with van der Waals surface area (Å²) in [7, 11) is 0.979. The number of halogens is 3. The molecule has 0 saturated heterocycles. The van der Waals surface area contributed by atoms with E-state index in [1.54, 1.807) is 12.1 Å². The smallest absolute Gasteiger partial charge is 0.464 e. The number of esters is 1. The third kappa shape index (κ3) is 2.90. The number of carbonyl (C=O) groups excluding carboxylic acids is 1. The van der Waals surface area contributed by atoms with Crippen LogP contribution in [-0.2, 0) is 17.5 Å². The zero-order chi connectivity index (χ0) is 18.9. The van der Waals surface area contributed by atoms with Gasteiger partial charge in [-0.2, -0.15) is 5.26 Å². The highest BCUT2D eigenvalue weighted by atomic mass is 19.4. The monoisotopic (exact) mass is 358 g/mol. The van der Waals surface area contributed by atoms with Gasteiger partial charge in [0.1, 0.15) is 6.07 Å². The molecule has 7 heteroatoms. The van der Waals surface area contributed by atoms with E-state index in [0.29, 0.717) is 12.0 Å². The molecule has 3 aromatic rings. The molecular formula is C19H13F3N2O2. The summed E-state index contributed by atoms with van der Waals surface area (Å²) in [4.78, 5) is 12.0. The normalized spacial score (nSPS) is 11.3. The van der Waals surface area contributed by atoms with Crippen LogP contribution < -0.4 is 0 Å². The molecule has 0 aliphatic carbocycles. The van der Waals surface area contributed by atoms with E-state index in [1.165, 1.54) is 12.1 Å². The van der Waals surface area contributed by atoms with Gasteiger partial charge in [0.2, 0.25) is 0 Å². The van der Waals surface area contributed by atoms with Crippen LogP contribution in [0, 0.1) is 11.3 Å². The van der Waals surface area contributed by atoms with Crippen molar-refractivity contribution in [2.75, 3.05) is 7.11 Å². The average molecular weight is 358 g/mol. The van der Waals surface area contributed by atoms with E-state index < -0.39 is 18.0 Å². The van der Waals surface area contributed by atoms with E-state index in [2.05, 4.69) is 4.74 Å². The topological polar surface area (TPSA) is 55.0 Å². The van der Waals surface area contributed by atoms with Crippen LogP contribution in [-0.4, -0.2) is 17.6 Å². The first-order chi connectivity index (χ1) is 12.4. The van der Waals surface area contributed by atoms with E-state index in [0.717, 1.165) is 12.7 Å². The van der Waals surface area contributed by atoms with Gasteiger partial charge in [0.15, 0.2) is 5.69 Å². The molecule has 0 saturated carbocycles. The molecule has 0 atom stereocenters. The van der Waals surface area contributed by atoms with E-state index in [9.17, 15) is 23.2 Å². The molecule has 0 radical (unpaired) electrons. The van der Waals surface area contributed by atoms with Crippen molar-refractivity contribution in [3.63, 3.8) is 0 Å². The maximum absolute atomic E-state index is 13.6. The van der Waals surface area contributed by atoms with Gasteiger partial charge in [-0.3, -0.25) is 0 Å². The van der Waals surface area contributed by atoms with Gasteiger partial charge in [0, 0.05) is 5.39 Å². The zero-order valence-corrected chi connectivity index (χ0v) is 13.7. The van der Waals surface area contributed by atoms with Crippen molar-refractivity contribution >= 4 is 16.9 Å². The molecule has 0 bridgehead atoms. The first-order valence-electron chi connectivity index (χ1n) is 7.64. The maximum atomic E-state index is 13.6. The number of nitriles is 1. The van der Waals surface area contributed by atoms with Gasteiger partial charge in [-0.1, -0.05) is 42.5 Å². The molecule has 1 aromatic heterocycles. The summed E-state index contributed by atoms with van der Waals surface area (Å²) in [6, 6.07) is 15.3. The maximum Gasteiger partial charge on any atom is 0.489 e. The predicted molar refractivity (Wildman–Crippen MR) is 88.5 cm³/mol. The number of methoxy groups -OCH3 is 1. The van der Waals surface area contributed by atoms with Gasteiger partial charge in [0.05, 0.1) is 18.2 Å². The lowest BCUT2D eigenvalue weighted by atomic mass is 9.99. The Morgan fingerprint density at radius 1 is 1.15 bits per heavy atom. The Bertz CT molecular complexity index is 1020. The number of benzene rings is 2. The molecule has 0 N–H and O–H groups in total. The Hall–Kier alpha value is -3.27. The van der Waals surface area contributed by atoms with Crippen molar-refractivity contribution in [2.24, 2.45) is 0 Å². The van der Waals surface area contributed by atoms with E-state index in [-0.39, 0.29) is 21.0 Å². The van der Waals surface area contributed by atoms with E-state index >= 15 is 0 Å². The molecule has 0 spiro atoms. The van der Waals surface area contributed by atoms with Crippen molar-refractivity contribution in [1.29, 1.82) is 5.26 Å². The molecule has 3 rings (SSSR count). The third-order valence-corrected chi connectivity index (χ3v) is 4.06. The second-order valence-corrected chi connectivity index (χ2v) is 5.60. The average Bonchev–Trinajstić information content (AvgIpc) is 2.97. The molecule has 132 valence electrons. The highest BCUT2D eigenvalue weighted by Crippen LogP contribution is 2.37. The summed E-state index contributed by atoms with van der Waals surface area (Å²) in [6.07, 6.45) is -4.54. The number of rotatable bonds is 3. The number of nitrogens with zero attached hydrogens (tertiary/aromatic N) is 2. The number of carbonyl (C=O) groups is 1. The lowest BCUT2D eigenvalue weighted by molar-refractivity contribution is -0.201. The summed E-state index contributed by atoms with van der Waals surface area (Å²) in [6.45, 7) is 0. The minimum atomic E-state index is -4.87. The summed E-state index contributed by atoms with van der Waals surface area (Å²) in [5, 5.41) is 9.60. The van der Waals surface area contributed by atoms with Crippen molar-refractivity contribution < 1.29 is 22.7 Å². The van der Waals surface area contributed by atoms with Gasteiger partial charge in [-0.15, -0.1) is 13.2 Å². The van der Waals surface area contributed by atoms with E-state index in [1.807, 2.05) is 30.3 Å². The number of alkyl halides is 3. The predicted octanol–water partition coefficient (Wildman–Crippen LogP) is 4.37. The molecule has 0 amide bonds. The number of fused-ring (bicyclic) bond motifs is 1. The molecule has 0 fully saturated rings. The first kappa shape index (κ1) is 17.5. The fourth-order valence-electron chi connectivity index (χ4n) is 3.04. The van der Waals surface area contributed by atoms with Gasteiger partial charge < -0.3 is 4.74 Å². The fourth-order valence-corrected chi connectivity index (χ4v) is 3.04. The van der Waals surface area contributed by atoms with Crippen LogP contribution in [0.2, 0.25) is 0 Å². The van der Waals surface area contributed by atoms with Crippen molar-refractivity contribution in [2.45, 2.75) is 12.7 Å². The van der Waals surface area contributed by atoms with Crippen LogP contribution in [0.3, 0.4) is 0 Å². The summed E-state index contributed by atoms with van der Waals surface area (Å²) < 4.78 is 45.3. The zero-order valence-electron chi connectivity index (χ0n) is 13.7. The molecule has 1 heterocycles. The number of ether oxygens (including phenoxy) is 1. The molecule has 0 aliphatic rings. The molecule has 0 unspecified atom stereocenters. The first-order valence-corrected chi connectivity index (χ1v) is 7.64. The highest BCUT2D eigenvalue weighted by Gasteiger charge is 2.40. The number of hydrogen-bond acceptors (Lipinski definition) is 3. The van der Waals surface area contributed by atoms with Crippen molar-refractivity contribution in [1.82, 2.24) is 4.57 Å². The van der Waals surface area contributed by atoms with Crippen LogP contribution in [0.25, 0.3) is 10.9 Å². The lowest BCUT2D eigenvalue weighted by Gasteiger charge is -2.13. The Kier molecular flexibility index (Phi) is 4.43. The summed E-state index contributed by atoms with van der Waals surface area (Å²) in [5.74, 6) is -1.21. The quantitative estimate of drug-likeness (QED) is 0.654. The number of hydrogen-bond donors (Lipinski definition) is 0. The fraction of sp³-hybridized carbons (Fsp3) is 0.158. The standard InChI is InChI=1S/C19H13F3N2O2/c1-26-18(25)17-14(11-23)16-13(10-12-6-3-2-4-7-12)8-5-9-15(16)24(17)19(20,21)22/h2-9H,10H2,1H3. The largest absolute Gasteiger partial charge is 0.489 e. The lowest BCUT2D eigenvalue weighted by Crippen LogP contribution is -2.22. The van der Waals surface area contributed by atoms with Crippen LogP contribution >= 0.6 is 0 Å². The minimum absolute atomic E-state index is 0.0821. The third-order valence-electron chi connectivity index (χ3n) is 4.06. The van der Waals surface area contributed by atoms with E-state index in [4.69, 9.17) is 0 Å². The Labute approximate surface area is 147 Å². The summed E-state index contributed by atoms with van der Waals surface area (Å²) in [5.41, 5.74) is 0.0123. The molecular weight excluding hydrogens is 345 g/mol. The molecule has 2 aromatic carbocycles. The molecule has 26 heavy (non-hydrogen) atoms. The Balaban J connectivity index is 2.36. The minimum Gasteiger partial charge on any atom is -0.464 e. The SMILES string of the molecule is COC(=O)c1c(C#N)c2c(Cc3ccccc3)cccc2n1C(F)(F)F. The Morgan fingerprint density at radius 2 is 1.85 bits per heavy atom. The van der Waals surface area contributed by atoms with Crippen molar-refractivity contribution in [3.8, 4) is 6.07 Å². The molecule has 4 nitrogen and oxygen atoms in total. The summed E-state index contributed by atoms with van der Waals surface area (Å²) >= 11 is 0. The highest BCUT2D eigenvalue weighted by molar-refractivity contribution is 6.02. The van der Waals surface area contributed by atoms with Crippen molar-refractivity contribution in [3.05, 3.63) is 70.9 Å². The Morgan fingerprint density at radius 3 is 2.42 bits per heavy atom. The van der Waals surface area contributed by atoms with Gasteiger partial charge in [-0.25, -0.2) is 9.36 Å². The van der Waals surface area contributed by atoms with Gasteiger partial charge in [-0.05, 0) is 23.6 Å². The van der Waals surface area contributed by atoms with Crippen LogP contribution in [0.15, 0.2) is 48.5 Å². The van der Waals surface area contributed by atoms with Crippen LogP contribution in [0.5, 0.6) is 0 Å².